The van der Waals surface area contributed by atoms with Crippen LogP contribution in [0.15, 0.2) is 54.1 Å². The molecule has 1 amide bonds. The molecule has 37 heavy (non-hydrogen) atoms. The fourth-order valence-corrected chi connectivity index (χ4v) is 5.27. The highest BCUT2D eigenvalue weighted by atomic mass is 16.6. The number of benzene rings is 1. The van der Waals surface area contributed by atoms with Gasteiger partial charge in [-0.2, -0.15) is 10.5 Å². The van der Waals surface area contributed by atoms with Crippen molar-refractivity contribution in [3.05, 3.63) is 65.3 Å². The number of ether oxygens (including phenoxy) is 1. The van der Waals surface area contributed by atoms with Crippen molar-refractivity contribution in [3.8, 4) is 12.1 Å². The Hall–Kier alpha value is -3.75. The average Bonchev–Trinajstić information content (AvgIpc) is 3.85. The maximum atomic E-state index is 13.2. The molecule has 2 saturated heterocycles. The number of carbonyl (C=O) groups is 1. The van der Waals surface area contributed by atoms with Gasteiger partial charge < -0.3 is 25.6 Å². The topological polar surface area (TPSA) is 117 Å². The van der Waals surface area contributed by atoms with E-state index in [1.807, 2.05) is 18.4 Å². The number of epoxide rings is 1. The number of nitrogens with zero attached hydrogens (tertiary/aromatic N) is 3. The SMILES string of the molecule is C/C(=C\NCCCC#N)c1cccc(CC2OC2NC2=CC(N3CCC(C#N)(C4CC4)C3=O)=CCN2)c1. The Labute approximate surface area is 218 Å². The molecule has 8 nitrogen and oxygen atoms in total. The maximum absolute atomic E-state index is 13.2. The third kappa shape index (κ3) is 5.50. The molecular formula is C29H34N6O2. The van der Waals surface area contributed by atoms with Crippen molar-refractivity contribution in [1.29, 1.82) is 10.5 Å². The first-order chi connectivity index (χ1) is 18.0. The second kappa shape index (κ2) is 10.7. The summed E-state index contributed by atoms with van der Waals surface area (Å²) in [4.78, 5) is 14.9. The molecule has 0 bridgehead atoms. The third-order valence-corrected chi connectivity index (χ3v) is 7.67. The smallest absolute Gasteiger partial charge is 0.247 e. The van der Waals surface area contributed by atoms with Crippen molar-refractivity contribution in [2.45, 2.75) is 57.8 Å². The number of unbranched alkanes of at least 4 members (excludes halogenated alkanes) is 1. The van der Waals surface area contributed by atoms with Crippen LogP contribution >= 0.6 is 0 Å². The van der Waals surface area contributed by atoms with E-state index in [-0.39, 0.29) is 24.2 Å². The first-order valence-corrected chi connectivity index (χ1v) is 13.2. The molecule has 1 aromatic rings. The maximum Gasteiger partial charge on any atom is 0.247 e. The molecule has 4 aliphatic rings. The van der Waals surface area contributed by atoms with Crippen LogP contribution in [-0.2, 0) is 16.0 Å². The molecule has 3 N–H and O–H groups in total. The van der Waals surface area contributed by atoms with E-state index in [2.05, 4.69) is 59.3 Å². The van der Waals surface area contributed by atoms with Crippen LogP contribution in [0.1, 0.15) is 50.2 Å². The van der Waals surface area contributed by atoms with Crippen molar-refractivity contribution in [2.75, 3.05) is 19.6 Å². The summed E-state index contributed by atoms with van der Waals surface area (Å²) in [7, 11) is 0. The molecule has 0 spiro atoms. The monoisotopic (exact) mass is 498 g/mol. The number of allylic oxidation sites excluding steroid dienone is 2. The van der Waals surface area contributed by atoms with Crippen molar-refractivity contribution in [3.63, 3.8) is 0 Å². The summed E-state index contributed by atoms with van der Waals surface area (Å²) in [5, 5.41) is 28.4. The molecule has 3 heterocycles. The molecule has 3 aliphatic heterocycles. The highest BCUT2D eigenvalue weighted by Gasteiger charge is 2.57. The number of amides is 1. The first kappa shape index (κ1) is 24.9. The van der Waals surface area contributed by atoms with E-state index < -0.39 is 5.41 Å². The van der Waals surface area contributed by atoms with Crippen LogP contribution in [0.25, 0.3) is 5.57 Å². The molecule has 0 radical (unpaired) electrons. The molecule has 3 atom stereocenters. The molecule has 0 aromatic heterocycles. The summed E-state index contributed by atoms with van der Waals surface area (Å²) < 4.78 is 5.91. The Balaban J connectivity index is 1.14. The van der Waals surface area contributed by atoms with Crippen molar-refractivity contribution in [2.24, 2.45) is 11.3 Å². The van der Waals surface area contributed by atoms with Gasteiger partial charge >= 0.3 is 0 Å². The standard InChI is InChI=1S/C29H34N6O2/c1-20(18-32-12-3-2-11-30)22-6-4-5-21(15-22)16-25-27(37-25)34-26-17-24(9-13-33-26)35-14-10-29(19-31,28(35)36)23-7-8-23/h4-6,9,15,17-18,23,25,27,32-34H,2-3,7-8,10,12-14,16H2,1H3/b20-18+. The van der Waals surface area contributed by atoms with Gasteiger partial charge in [0.05, 0.1) is 12.1 Å². The van der Waals surface area contributed by atoms with Gasteiger partial charge in [-0.3, -0.25) is 4.79 Å². The number of nitrogens with one attached hydrogen (secondary N) is 3. The fraction of sp³-hybridized carbons (Fsp3) is 0.483. The zero-order valence-corrected chi connectivity index (χ0v) is 21.3. The Bertz CT molecular complexity index is 1220. The molecule has 1 aliphatic carbocycles. The third-order valence-electron chi connectivity index (χ3n) is 7.67. The highest BCUT2D eigenvalue weighted by Crippen LogP contribution is 2.52. The zero-order valence-electron chi connectivity index (χ0n) is 21.3. The predicted molar refractivity (Wildman–Crippen MR) is 140 cm³/mol. The quantitative estimate of drug-likeness (QED) is 0.317. The zero-order chi connectivity index (χ0) is 25.8. The number of likely N-dealkylation sites (tertiary alicyclic amines) is 1. The van der Waals surface area contributed by atoms with Gasteiger partial charge in [-0.25, -0.2) is 0 Å². The van der Waals surface area contributed by atoms with Gasteiger partial charge in [0.2, 0.25) is 5.91 Å². The number of hydrogen-bond acceptors (Lipinski definition) is 7. The van der Waals surface area contributed by atoms with Crippen LogP contribution in [0.4, 0.5) is 0 Å². The van der Waals surface area contributed by atoms with Gasteiger partial charge in [0.1, 0.15) is 17.3 Å². The van der Waals surface area contributed by atoms with Crippen LogP contribution < -0.4 is 16.0 Å². The lowest BCUT2D eigenvalue weighted by Crippen LogP contribution is -2.38. The Morgan fingerprint density at radius 1 is 1.35 bits per heavy atom. The van der Waals surface area contributed by atoms with Gasteiger partial charge in [-0.15, -0.1) is 0 Å². The number of hydrogen-bond donors (Lipinski definition) is 3. The summed E-state index contributed by atoms with van der Waals surface area (Å²) in [5.74, 6) is 1.03. The fourth-order valence-electron chi connectivity index (χ4n) is 5.27. The summed E-state index contributed by atoms with van der Waals surface area (Å²) in [6.45, 7) is 4.09. The molecule has 1 saturated carbocycles. The van der Waals surface area contributed by atoms with Gasteiger partial charge in [0, 0.05) is 44.2 Å². The molecule has 8 heteroatoms. The Morgan fingerprint density at radius 2 is 2.22 bits per heavy atom. The summed E-state index contributed by atoms with van der Waals surface area (Å²) in [6.07, 6.45) is 10.8. The Kier molecular flexibility index (Phi) is 7.21. The molecule has 192 valence electrons. The Morgan fingerprint density at radius 3 is 3.00 bits per heavy atom. The number of rotatable bonds is 11. The molecule has 5 rings (SSSR count). The summed E-state index contributed by atoms with van der Waals surface area (Å²) >= 11 is 0. The molecule has 3 unspecified atom stereocenters. The van der Waals surface area contributed by atoms with Crippen LogP contribution in [0.2, 0.25) is 0 Å². The molecule has 3 fully saturated rings. The van der Waals surface area contributed by atoms with Gasteiger partial charge in [-0.1, -0.05) is 24.3 Å². The van der Waals surface area contributed by atoms with E-state index in [0.717, 1.165) is 54.9 Å². The normalized spacial score (nSPS) is 26.9. The molecular weight excluding hydrogens is 464 g/mol. The second-order valence-corrected chi connectivity index (χ2v) is 10.3. The number of carbonyl (C=O) groups excluding carboxylic acids is 1. The average molecular weight is 499 g/mol. The predicted octanol–water partition coefficient (Wildman–Crippen LogP) is 3.28. The van der Waals surface area contributed by atoms with Crippen LogP contribution in [0.5, 0.6) is 0 Å². The van der Waals surface area contributed by atoms with Crippen molar-refractivity contribution in [1.82, 2.24) is 20.9 Å². The lowest BCUT2D eigenvalue weighted by Gasteiger charge is -2.25. The summed E-state index contributed by atoms with van der Waals surface area (Å²) in [6, 6.07) is 13.0. The van der Waals surface area contributed by atoms with E-state index in [4.69, 9.17) is 10.00 Å². The minimum Gasteiger partial charge on any atom is -0.391 e. The first-order valence-electron chi connectivity index (χ1n) is 13.2. The van der Waals surface area contributed by atoms with Gasteiger partial charge in [-0.05, 0) is 67.5 Å². The number of nitriles is 2. The van der Waals surface area contributed by atoms with E-state index in [0.29, 0.717) is 25.9 Å². The second-order valence-electron chi connectivity index (χ2n) is 10.3. The van der Waals surface area contributed by atoms with Crippen molar-refractivity contribution < 1.29 is 9.53 Å². The summed E-state index contributed by atoms with van der Waals surface area (Å²) in [5.41, 5.74) is 3.56. The van der Waals surface area contributed by atoms with Crippen LogP contribution in [-0.4, -0.2) is 42.8 Å². The highest BCUT2D eigenvalue weighted by molar-refractivity contribution is 5.90. The lowest BCUT2D eigenvalue weighted by molar-refractivity contribution is -0.132. The van der Waals surface area contributed by atoms with Crippen LogP contribution in [0.3, 0.4) is 0 Å². The lowest BCUT2D eigenvalue weighted by atomic mass is 9.83. The van der Waals surface area contributed by atoms with E-state index in [1.54, 1.807) is 4.90 Å². The largest absolute Gasteiger partial charge is 0.391 e. The van der Waals surface area contributed by atoms with E-state index in [9.17, 15) is 10.1 Å². The van der Waals surface area contributed by atoms with Gasteiger partial charge in [0.15, 0.2) is 6.23 Å². The van der Waals surface area contributed by atoms with E-state index >= 15 is 0 Å². The van der Waals surface area contributed by atoms with Gasteiger partial charge in [0.25, 0.3) is 0 Å². The number of dihydropyridines is 1. The minimum absolute atomic E-state index is 0.0385. The van der Waals surface area contributed by atoms with E-state index in [1.165, 1.54) is 5.56 Å². The van der Waals surface area contributed by atoms with Crippen molar-refractivity contribution >= 4 is 11.5 Å². The minimum atomic E-state index is -0.826. The molecule has 1 aromatic carbocycles. The van der Waals surface area contributed by atoms with Crippen LogP contribution in [0, 0.1) is 34.0 Å².